The minimum Gasteiger partial charge on any atom is -0.480 e. The van der Waals surface area contributed by atoms with Crippen molar-refractivity contribution < 1.29 is 28.3 Å². The van der Waals surface area contributed by atoms with Crippen LogP contribution in [0.25, 0.3) is 0 Å². The van der Waals surface area contributed by atoms with Crippen LogP contribution in [0, 0.1) is 11.6 Å². The summed E-state index contributed by atoms with van der Waals surface area (Å²) in [5.41, 5.74) is -0.648. The zero-order chi connectivity index (χ0) is 12.7. The molecule has 88 valence electrons. The van der Waals surface area contributed by atoms with Gasteiger partial charge in [-0.25, -0.2) is 8.78 Å². The molecule has 5 nitrogen and oxygen atoms in total. The van der Waals surface area contributed by atoms with Crippen molar-refractivity contribution in [3.05, 3.63) is 34.9 Å². The van der Waals surface area contributed by atoms with Gasteiger partial charge in [0.05, 0.1) is 11.1 Å². The van der Waals surface area contributed by atoms with Crippen LogP contribution in [0.1, 0.15) is 20.7 Å². The van der Waals surface area contributed by atoms with E-state index in [9.17, 15) is 23.2 Å². The summed E-state index contributed by atoms with van der Waals surface area (Å²) in [4.78, 5) is 34.0. The van der Waals surface area contributed by atoms with Crippen LogP contribution in [0.4, 0.5) is 8.78 Å². The standard InChI is InChI=1S/C10H5F2NO4/c11-6-1-4-5(2-7(6)12)10(17)13(9(4)16)3-8(14)15/h1-2H,3H2,(H,14,15). The number of hydrogen-bond acceptors (Lipinski definition) is 3. The first-order chi connectivity index (χ1) is 7.91. The molecule has 0 atom stereocenters. The Morgan fingerprint density at radius 3 is 1.88 bits per heavy atom. The Labute approximate surface area is 93.3 Å². The molecule has 0 saturated heterocycles. The van der Waals surface area contributed by atoms with Crippen molar-refractivity contribution in [1.29, 1.82) is 0 Å². The number of carboxylic acids is 1. The summed E-state index contributed by atoms with van der Waals surface area (Å²) >= 11 is 0. The molecule has 2 amide bonds. The third kappa shape index (κ3) is 1.65. The molecule has 1 heterocycles. The van der Waals surface area contributed by atoms with Gasteiger partial charge in [-0.1, -0.05) is 0 Å². The molecular weight excluding hydrogens is 236 g/mol. The van der Waals surface area contributed by atoms with E-state index < -0.39 is 36.0 Å². The molecule has 1 N–H and O–H groups in total. The van der Waals surface area contributed by atoms with Gasteiger partial charge in [0.25, 0.3) is 11.8 Å². The Morgan fingerprint density at radius 2 is 1.53 bits per heavy atom. The van der Waals surface area contributed by atoms with Crippen molar-refractivity contribution >= 4 is 17.8 Å². The minimum atomic E-state index is -1.39. The lowest BCUT2D eigenvalue weighted by molar-refractivity contribution is -0.137. The van der Waals surface area contributed by atoms with Gasteiger partial charge in [-0.05, 0) is 12.1 Å². The maximum atomic E-state index is 12.9. The zero-order valence-corrected chi connectivity index (χ0v) is 8.24. The summed E-state index contributed by atoms with van der Waals surface area (Å²) in [6, 6.07) is 1.18. The molecule has 17 heavy (non-hydrogen) atoms. The third-order valence-corrected chi connectivity index (χ3v) is 2.30. The summed E-state index contributed by atoms with van der Waals surface area (Å²) in [5, 5.41) is 8.50. The van der Waals surface area contributed by atoms with Crippen molar-refractivity contribution in [2.75, 3.05) is 6.54 Å². The lowest BCUT2D eigenvalue weighted by Crippen LogP contribution is -2.34. The van der Waals surface area contributed by atoms with Crippen LogP contribution in [0.5, 0.6) is 0 Å². The van der Waals surface area contributed by atoms with Gasteiger partial charge in [0.2, 0.25) is 0 Å². The van der Waals surface area contributed by atoms with Crippen LogP contribution in [0.15, 0.2) is 12.1 Å². The number of fused-ring (bicyclic) bond motifs is 1. The Bertz CT molecular complexity index is 514. The normalized spacial score (nSPS) is 14.1. The molecule has 0 unspecified atom stereocenters. The van der Waals surface area contributed by atoms with Crippen LogP contribution in [0.2, 0.25) is 0 Å². The van der Waals surface area contributed by atoms with E-state index in [1.54, 1.807) is 0 Å². The summed E-state index contributed by atoms with van der Waals surface area (Å²) in [5.74, 6) is -5.79. The predicted octanol–water partition coefficient (Wildman–Crippen LogP) is 0.645. The maximum absolute atomic E-state index is 12.9. The fourth-order valence-corrected chi connectivity index (χ4v) is 1.56. The molecule has 1 aliphatic rings. The van der Waals surface area contributed by atoms with Crippen LogP contribution in [-0.4, -0.2) is 34.3 Å². The van der Waals surface area contributed by atoms with Crippen molar-refractivity contribution in [1.82, 2.24) is 4.90 Å². The average molecular weight is 241 g/mol. The lowest BCUT2D eigenvalue weighted by Gasteiger charge is -2.09. The van der Waals surface area contributed by atoms with Crippen molar-refractivity contribution in [3.63, 3.8) is 0 Å². The molecule has 0 bridgehead atoms. The number of carboxylic acid groups (broad SMARTS) is 1. The minimum absolute atomic E-state index is 0.324. The maximum Gasteiger partial charge on any atom is 0.323 e. The van der Waals surface area contributed by atoms with Crippen molar-refractivity contribution in [3.8, 4) is 0 Å². The highest BCUT2D eigenvalue weighted by Crippen LogP contribution is 2.24. The van der Waals surface area contributed by atoms with Crippen LogP contribution in [0.3, 0.4) is 0 Å². The number of aliphatic carboxylic acids is 1. The number of carbonyl (C=O) groups is 3. The Balaban J connectivity index is 2.49. The number of imide groups is 1. The van der Waals surface area contributed by atoms with Gasteiger partial charge >= 0.3 is 5.97 Å². The van der Waals surface area contributed by atoms with E-state index in [4.69, 9.17) is 5.11 Å². The summed E-state index contributed by atoms with van der Waals surface area (Å²) in [6.07, 6.45) is 0. The molecule has 0 aromatic heterocycles. The van der Waals surface area contributed by atoms with Crippen LogP contribution < -0.4 is 0 Å². The van der Waals surface area contributed by atoms with Gasteiger partial charge < -0.3 is 5.11 Å². The van der Waals surface area contributed by atoms with Gasteiger partial charge in [-0.15, -0.1) is 0 Å². The predicted molar refractivity (Wildman–Crippen MR) is 49.4 cm³/mol. The number of rotatable bonds is 2. The molecule has 0 fully saturated rings. The second-order valence-corrected chi connectivity index (χ2v) is 3.40. The van der Waals surface area contributed by atoms with Crippen molar-refractivity contribution in [2.24, 2.45) is 0 Å². The van der Waals surface area contributed by atoms with E-state index in [1.165, 1.54) is 0 Å². The van der Waals surface area contributed by atoms with Gasteiger partial charge in [0.15, 0.2) is 11.6 Å². The number of benzene rings is 1. The topological polar surface area (TPSA) is 74.7 Å². The van der Waals surface area contributed by atoms with Gasteiger partial charge in [0.1, 0.15) is 6.54 Å². The van der Waals surface area contributed by atoms with E-state index in [1.807, 2.05) is 0 Å². The van der Waals surface area contributed by atoms with Crippen LogP contribution in [-0.2, 0) is 4.79 Å². The highest BCUT2D eigenvalue weighted by molar-refractivity contribution is 6.22. The smallest absolute Gasteiger partial charge is 0.323 e. The fourth-order valence-electron chi connectivity index (χ4n) is 1.56. The molecule has 0 aliphatic carbocycles. The number of halogens is 2. The molecule has 0 radical (unpaired) electrons. The van der Waals surface area contributed by atoms with Crippen LogP contribution >= 0.6 is 0 Å². The first kappa shape index (κ1) is 11.2. The molecule has 0 spiro atoms. The molecule has 1 aliphatic heterocycles. The van der Waals surface area contributed by atoms with Gasteiger partial charge in [0, 0.05) is 0 Å². The van der Waals surface area contributed by atoms with Gasteiger partial charge in [-0.2, -0.15) is 0 Å². The van der Waals surface area contributed by atoms with E-state index >= 15 is 0 Å². The zero-order valence-electron chi connectivity index (χ0n) is 8.24. The number of hydrogen-bond donors (Lipinski definition) is 1. The largest absolute Gasteiger partial charge is 0.480 e. The molecule has 1 aromatic rings. The Morgan fingerprint density at radius 1 is 1.12 bits per heavy atom. The van der Waals surface area contributed by atoms with E-state index in [2.05, 4.69) is 0 Å². The summed E-state index contributed by atoms with van der Waals surface area (Å²) < 4.78 is 25.8. The summed E-state index contributed by atoms with van der Waals surface area (Å²) in [7, 11) is 0. The Hall–Kier alpha value is -2.31. The molecule has 0 saturated carbocycles. The molecule has 7 heteroatoms. The highest BCUT2D eigenvalue weighted by atomic mass is 19.2. The van der Waals surface area contributed by atoms with E-state index in [-0.39, 0.29) is 11.1 Å². The third-order valence-electron chi connectivity index (χ3n) is 2.30. The van der Waals surface area contributed by atoms with Crippen molar-refractivity contribution in [2.45, 2.75) is 0 Å². The first-order valence-electron chi connectivity index (χ1n) is 4.49. The van der Waals surface area contributed by atoms with E-state index in [0.717, 1.165) is 0 Å². The fraction of sp³-hybridized carbons (Fsp3) is 0.100. The second-order valence-electron chi connectivity index (χ2n) is 3.40. The lowest BCUT2D eigenvalue weighted by atomic mass is 10.1. The monoisotopic (exact) mass is 241 g/mol. The number of carbonyl (C=O) groups excluding carboxylic acids is 2. The van der Waals surface area contributed by atoms with E-state index in [0.29, 0.717) is 17.0 Å². The first-order valence-corrected chi connectivity index (χ1v) is 4.49. The highest BCUT2D eigenvalue weighted by Gasteiger charge is 2.37. The molecule has 2 rings (SSSR count). The summed E-state index contributed by atoms with van der Waals surface area (Å²) in [6.45, 7) is -0.838. The molecular formula is C10H5F2NO4. The SMILES string of the molecule is O=C(O)CN1C(=O)c2cc(F)c(F)cc2C1=O. The average Bonchev–Trinajstić information content (AvgIpc) is 2.45. The van der Waals surface area contributed by atoms with Gasteiger partial charge in [-0.3, -0.25) is 19.3 Å². The number of amides is 2. The Kier molecular flexibility index (Phi) is 2.38. The quantitative estimate of drug-likeness (QED) is 0.771. The number of nitrogens with zero attached hydrogens (tertiary/aromatic N) is 1. The second kappa shape index (κ2) is 3.62. The molecule has 1 aromatic carbocycles.